The van der Waals surface area contributed by atoms with Crippen LogP contribution < -0.4 is 9.46 Å². The molecule has 0 amide bonds. The van der Waals surface area contributed by atoms with Crippen molar-refractivity contribution in [1.29, 1.82) is 5.26 Å². The highest BCUT2D eigenvalue weighted by Crippen LogP contribution is 2.36. The molecule has 0 aliphatic heterocycles. The van der Waals surface area contributed by atoms with E-state index in [1.54, 1.807) is 34.9 Å². The zero-order valence-corrected chi connectivity index (χ0v) is 19.0. The Morgan fingerprint density at radius 1 is 1.14 bits per heavy atom. The summed E-state index contributed by atoms with van der Waals surface area (Å²) in [5.74, 6) is -0.0796. The first-order valence-corrected chi connectivity index (χ1v) is 11.7. The first-order chi connectivity index (χ1) is 16.7. The normalized spacial score (nSPS) is 12.6. The molecule has 2 aromatic carbocycles. The van der Waals surface area contributed by atoms with Crippen molar-refractivity contribution in [3.63, 3.8) is 0 Å². The lowest BCUT2D eigenvalue weighted by atomic mass is 10.1. The van der Waals surface area contributed by atoms with E-state index in [0.29, 0.717) is 16.6 Å². The molecule has 180 valence electrons. The monoisotopic (exact) mass is 501 g/mol. The Morgan fingerprint density at radius 3 is 2.43 bits per heavy atom. The minimum absolute atomic E-state index is 0.0235. The number of rotatable bonds is 8. The van der Waals surface area contributed by atoms with Gasteiger partial charge in [-0.25, -0.2) is 27.5 Å². The van der Waals surface area contributed by atoms with E-state index in [2.05, 4.69) is 25.5 Å². The summed E-state index contributed by atoms with van der Waals surface area (Å²) in [5.41, 5.74) is 1.37. The van der Waals surface area contributed by atoms with Crippen LogP contribution in [0.2, 0.25) is 0 Å². The van der Waals surface area contributed by atoms with Crippen LogP contribution in [-0.2, 0) is 10.0 Å². The Morgan fingerprint density at radius 2 is 1.83 bits per heavy atom. The van der Waals surface area contributed by atoms with Crippen LogP contribution in [0.15, 0.2) is 65.8 Å². The molecule has 8 nitrogen and oxygen atoms in total. The molecule has 2 aromatic heterocycles. The second-order valence-electron chi connectivity index (χ2n) is 7.48. The van der Waals surface area contributed by atoms with Crippen LogP contribution in [-0.4, -0.2) is 42.3 Å². The van der Waals surface area contributed by atoms with Gasteiger partial charge in [-0.15, -0.1) is 0 Å². The molecule has 4 rings (SSSR count). The zero-order chi connectivity index (χ0) is 25.2. The van der Waals surface area contributed by atoms with Gasteiger partial charge in [-0.2, -0.15) is 14.0 Å². The van der Waals surface area contributed by atoms with E-state index in [4.69, 9.17) is 0 Å². The van der Waals surface area contributed by atoms with Gasteiger partial charge in [-0.05, 0) is 31.2 Å². The third kappa shape index (κ3) is 4.82. The standard InChI is InChI=1S/C23H18F3N5O3S/c1-14(10-24)30-35(32,33)17-12-28-22(29-13-17)21-19(11-27)18-8-7-16(34-23(25)26)9-20(18)31(21)15-5-3-2-4-6-15/h2-9,12-14,23,30H,10H2,1H3/t14-/m0/s1. The predicted molar refractivity (Wildman–Crippen MR) is 121 cm³/mol. The number of para-hydroxylation sites is 1. The zero-order valence-electron chi connectivity index (χ0n) is 18.2. The number of benzene rings is 2. The third-order valence-electron chi connectivity index (χ3n) is 5.03. The van der Waals surface area contributed by atoms with Crippen molar-refractivity contribution in [1.82, 2.24) is 19.3 Å². The number of nitrogens with zero attached hydrogens (tertiary/aromatic N) is 4. The molecule has 0 bridgehead atoms. The fourth-order valence-corrected chi connectivity index (χ4v) is 4.67. The van der Waals surface area contributed by atoms with Crippen LogP contribution in [0, 0.1) is 11.3 Å². The van der Waals surface area contributed by atoms with Crippen LogP contribution in [0.4, 0.5) is 13.2 Å². The average molecular weight is 501 g/mol. The van der Waals surface area contributed by atoms with E-state index >= 15 is 0 Å². The highest BCUT2D eigenvalue weighted by Gasteiger charge is 2.24. The average Bonchev–Trinajstić information content (AvgIpc) is 3.17. The molecule has 12 heteroatoms. The second-order valence-corrected chi connectivity index (χ2v) is 9.20. The van der Waals surface area contributed by atoms with Gasteiger partial charge in [0.05, 0.1) is 23.5 Å². The summed E-state index contributed by atoms with van der Waals surface area (Å²) < 4.78 is 71.6. The molecule has 0 aliphatic rings. The first kappa shape index (κ1) is 24.2. The maximum atomic E-state index is 12.8. The number of alkyl halides is 3. The van der Waals surface area contributed by atoms with E-state index in [1.807, 2.05) is 0 Å². The summed E-state index contributed by atoms with van der Waals surface area (Å²) in [4.78, 5) is 8.04. The van der Waals surface area contributed by atoms with Crippen LogP contribution in [0.5, 0.6) is 5.75 Å². The van der Waals surface area contributed by atoms with E-state index in [9.17, 15) is 26.9 Å². The largest absolute Gasteiger partial charge is 0.435 e. The minimum Gasteiger partial charge on any atom is -0.435 e. The SMILES string of the molecule is C[C@@H](CF)NS(=O)(=O)c1cnc(-c2c(C#N)c3ccc(OC(F)F)cc3n2-c2ccccc2)nc1. The molecular formula is C23H18F3N5O3S. The van der Waals surface area contributed by atoms with Crippen molar-refractivity contribution in [2.75, 3.05) is 6.67 Å². The maximum absolute atomic E-state index is 12.8. The number of sulfonamides is 1. The van der Waals surface area contributed by atoms with Crippen LogP contribution >= 0.6 is 0 Å². The van der Waals surface area contributed by atoms with Crippen molar-refractivity contribution in [3.8, 4) is 29.0 Å². The number of nitriles is 1. The Kier molecular flexibility index (Phi) is 6.72. The summed E-state index contributed by atoms with van der Waals surface area (Å²) >= 11 is 0. The molecular weight excluding hydrogens is 483 g/mol. The number of fused-ring (bicyclic) bond motifs is 1. The lowest BCUT2D eigenvalue weighted by Crippen LogP contribution is -2.34. The summed E-state index contributed by atoms with van der Waals surface area (Å²) in [5, 5.41) is 10.4. The lowest BCUT2D eigenvalue weighted by molar-refractivity contribution is -0.0497. The molecule has 0 saturated carbocycles. The van der Waals surface area contributed by atoms with Gasteiger partial charge in [0.2, 0.25) is 10.0 Å². The number of halogens is 3. The topological polar surface area (TPSA) is 110 Å². The minimum atomic E-state index is -4.06. The van der Waals surface area contributed by atoms with Gasteiger partial charge < -0.3 is 9.30 Å². The quantitative estimate of drug-likeness (QED) is 0.388. The first-order valence-electron chi connectivity index (χ1n) is 10.2. The molecule has 0 fully saturated rings. The van der Waals surface area contributed by atoms with Crippen molar-refractivity contribution in [2.24, 2.45) is 0 Å². The number of hydrogen-bond donors (Lipinski definition) is 1. The Bertz CT molecular complexity index is 1500. The molecule has 4 aromatic rings. The van der Waals surface area contributed by atoms with Gasteiger partial charge in [-0.3, -0.25) is 0 Å². The third-order valence-corrected chi connectivity index (χ3v) is 6.57. The van der Waals surface area contributed by atoms with Gasteiger partial charge in [-0.1, -0.05) is 18.2 Å². The predicted octanol–water partition coefficient (Wildman–Crippen LogP) is 4.20. The number of hydrogen-bond acceptors (Lipinski definition) is 6. The molecule has 1 atom stereocenters. The van der Waals surface area contributed by atoms with Crippen molar-refractivity contribution in [3.05, 3.63) is 66.5 Å². The molecule has 35 heavy (non-hydrogen) atoms. The fourth-order valence-electron chi connectivity index (χ4n) is 3.56. The van der Waals surface area contributed by atoms with Crippen LogP contribution in [0.3, 0.4) is 0 Å². The molecule has 2 heterocycles. The van der Waals surface area contributed by atoms with E-state index < -0.39 is 29.4 Å². The van der Waals surface area contributed by atoms with E-state index in [0.717, 1.165) is 12.4 Å². The van der Waals surface area contributed by atoms with E-state index in [1.165, 1.54) is 25.1 Å². The van der Waals surface area contributed by atoms with Gasteiger partial charge >= 0.3 is 6.61 Å². The highest BCUT2D eigenvalue weighted by molar-refractivity contribution is 7.89. The van der Waals surface area contributed by atoms with Gasteiger partial charge in [0, 0.05) is 23.2 Å². The summed E-state index contributed by atoms with van der Waals surface area (Å²) in [6, 6.07) is 14.1. The Hall–Kier alpha value is -3.95. The van der Waals surface area contributed by atoms with Crippen molar-refractivity contribution >= 4 is 20.9 Å². The molecule has 0 saturated heterocycles. The Labute approximate surface area is 198 Å². The summed E-state index contributed by atoms with van der Waals surface area (Å²) in [6.45, 7) is -2.55. The second kappa shape index (κ2) is 9.73. The Balaban J connectivity index is 1.92. The molecule has 0 radical (unpaired) electrons. The summed E-state index contributed by atoms with van der Waals surface area (Å²) in [6.07, 6.45) is 2.10. The van der Waals surface area contributed by atoms with Gasteiger partial charge in [0.15, 0.2) is 5.82 Å². The smallest absolute Gasteiger partial charge is 0.387 e. The van der Waals surface area contributed by atoms with Gasteiger partial charge in [0.25, 0.3) is 0 Å². The highest BCUT2D eigenvalue weighted by atomic mass is 32.2. The van der Waals surface area contributed by atoms with Gasteiger partial charge in [0.1, 0.15) is 29.1 Å². The lowest BCUT2D eigenvalue weighted by Gasteiger charge is -2.12. The van der Waals surface area contributed by atoms with Crippen molar-refractivity contribution in [2.45, 2.75) is 24.5 Å². The number of aromatic nitrogens is 3. The molecule has 0 aliphatic carbocycles. The summed E-state index contributed by atoms with van der Waals surface area (Å²) in [7, 11) is -4.06. The molecule has 0 unspecified atom stereocenters. The van der Waals surface area contributed by atoms with Crippen LogP contribution in [0.25, 0.3) is 28.1 Å². The number of nitrogens with one attached hydrogen (secondary N) is 1. The van der Waals surface area contributed by atoms with Crippen LogP contribution in [0.1, 0.15) is 12.5 Å². The molecule has 1 N–H and O–H groups in total. The van der Waals surface area contributed by atoms with Crippen molar-refractivity contribution < 1.29 is 26.3 Å². The van der Waals surface area contributed by atoms with E-state index in [-0.39, 0.29) is 27.7 Å². The number of ether oxygens (including phenoxy) is 1. The fraction of sp³-hybridized carbons (Fsp3) is 0.174. The maximum Gasteiger partial charge on any atom is 0.387 e. The molecule has 0 spiro atoms.